The van der Waals surface area contributed by atoms with Crippen LogP contribution < -0.4 is 5.73 Å². The summed E-state index contributed by atoms with van der Waals surface area (Å²) in [5, 5.41) is 2.09. The van der Waals surface area contributed by atoms with Gasteiger partial charge in [-0.05, 0) is 23.6 Å². The van der Waals surface area contributed by atoms with E-state index in [9.17, 15) is 0 Å². The van der Waals surface area contributed by atoms with E-state index in [2.05, 4.69) is 9.97 Å². The van der Waals surface area contributed by atoms with Crippen LogP contribution in [0.5, 0.6) is 0 Å². The van der Waals surface area contributed by atoms with Crippen molar-refractivity contribution in [3.63, 3.8) is 0 Å². The number of anilines is 1. The third-order valence-corrected chi connectivity index (χ3v) is 2.75. The Bertz CT molecular complexity index is 672. The third-order valence-electron chi connectivity index (χ3n) is 2.75. The van der Waals surface area contributed by atoms with Crippen LogP contribution in [0.2, 0.25) is 0 Å². The number of aromatic nitrogens is 2. The van der Waals surface area contributed by atoms with Gasteiger partial charge in [0.2, 0.25) is 0 Å². The third kappa shape index (κ3) is 2.95. The molecule has 0 fully saturated rings. The highest BCUT2D eigenvalue weighted by molar-refractivity contribution is 5.93. The molecule has 2 N–H and O–H groups in total. The van der Waals surface area contributed by atoms with E-state index in [1.54, 1.807) is 12.4 Å². The molecule has 0 aliphatic heterocycles. The van der Waals surface area contributed by atoms with Gasteiger partial charge in [0, 0.05) is 23.3 Å². The summed E-state index contributed by atoms with van der Waals surface area (Å²) in [6.07, 6.45) is 3.50. The molecule has 2 heterocycles. The van der Waals surface area contributed by atoms with Crippen molar-refractivity contribution in [1.82, 2.24) is 9.97 Å². The lowest BCUT2D eigenvalue weighted by Crippen LogP contribution is -1.94. The van der Waals surface area contributed by atoms with Crippen molar-refractivity contribution in [2.45, 2.75) is 0 Å². The van der Waals surface area contributed by atoms with E-state index < -0.39 is 0 Å². The molecule has 0 bridgehead atoms. The lowest BCUT2D eigenvalue weighted by atomic mass is 10.1. The zero-order valence-electron chi connectivity index (χ0n) is 9.98. The average molecular weight is 294 g/mol. The molecule has 0 amide bonds. The minimum absolute atomic E-state index is 0. The van der Waals surface area contributed by atoms with Crippen molar-refractivity contribution in [1.29, 1.82) is 0 Å². The summed E-state index contributed by atoms with van der Waals surface area (Å²) in [7, 11) is 0. The Balaban J connectivity index is 0.000000902. The number of halogens is 2. The molecule has 0 unspecified atom stereocenters. The van der Waals surface area contributed by atoms with Gasteiger partial charge in [-0.1, -0.05) is 24.3 Å². The highest BCUT2D eigenvalue weighted by atomic mass is 35.5. The van der Waals surface area contributed by atoms with Crippen molar-refractivity contribution >= 4 is 41.4 Å². The van der Waals surface area contributed by atoms with E-state index in [0.29, 0.717) is 5.82 Å². The van der Waals surface area contributed by atoms with E-state index >= 15 is 0 Å². The number of hydrogen-bond donors (Lipinski definition) is 1. The van der Waals surface area contributed by atoms with Crippen molar-refractivity contribution in [2.75, 3.05) is 5.73 Å². The fraction of sp³-hybridized carbons (Fsp3) is 0. The quantitative estimate of drug-likeness (QED) is 0.744. The minimum Gasteiger partial charge on any atom is -0.383 e. The Morgan fingerprint density at radius 3 is 2.32 bits per heavy atom. The Labute approximate surface area is 123 Å². The number of nitrogens with two attached hydrogens (primary N) is 1. The molecule has 0 spiro atoms. The monoisotopic (exact) mass is 293 g/mol. The summed E-state index contributed by atoms with van der Waals surface area (Å²) in [5.74, 6) is 0.565. The van der Waals surface area contributed by atoms with Gasteiger partial charge in [-0.2, -0.15) is 0 Å². The molecule has 3 rings (SSSR count). The van der Waals surface area contributed by atoms with Crippen molar-refractivity contribution in [3.05, 3.63) is 54.9 Å². The summed E-state index contributed by atoms with van der Waals surface area (Å²) in [4.78, 5) is 8.42. The van der Waals surface area contributed by atoms with Crippen LogP contribution in [0.4, 0.5) is 5.82 Å². The molecule has 2 aromatic heterocycles. The first-order chi connectivity index (χ1) is 8.34. The smallest absolute Gasteiger partial charge is 0.131 e. The summed E-state index contributed by atoms with van der Waals surface area (Å²) in [6.45, 7) is 0. The summed E-state index contributed by atoms with van der Waals surface area (Å²) >= 11 is 0. The second-order valence-corrected chi connectivity index (χ2v) is 3.85. The largest absolute Gasteiger partial charge is 0.383 e. The van der Waals surface area contributed by atoms with E-state index in [-0.39, 0.29) is 24.8 Å². The first kappa shape index (κ1) is 15.2. The maximum Gasteiger partial charge on any atom is 0.131 e. The first-order valence-electron chi connectivity index (χ1n) is 5.40. The van der Waals surface area contributed by atoms with Crippen molar-refractivity contribution in [3.8, 4) is 11.3 Å². The van der Waals surface area contributed by atoms with E-state index in [0.717, 1.165) is 22.0 Å². The normalized spacial score (nSPS) is 9.47. The second-order valence-electron chi connectivity index (χ2n) is 3.85. The van der Waals surface area contributed by atoms with Gasteiger partial charge in [0.1, 0.15) is 5.82 Å². The minimum atomic E-state index is 0. The van der Waals surface area contributed by atoms with Crippen LogP contribution in [-0.2, 0) is 0 Å². The van der Waals surface area contributed by atoms with Gasteiger partial charge in [-0.3, -0.25) is 4.98 Å². The molecule has 0 saturated carbocycles. The number of pyridine rings is 2. The number of nitrogen functional groups attached to an aromatic ring is 1. The van der Waals surface area contributed by atoms with Gasteiger partial charge < -0.3 is 5.73 Å². The Morgan fingerprint density at radius 1 is 0.895 bits per heavy atom. The first-order valence-corrected chi connectivity index (χ1v) is 5.40. The molecule has 0 saturated heterocycles. The molecule has 3 aromatic rings. The van der Waals surface area contributed by atoms with Gasteiger partial charge in [0.15, 0.2) is 0 Å². The topological polar surface area (TPSA) is 51.8 Å². The van der Waals surface area contributed by atoms with E-state index in [1.165, 1.54) is 0 Å². The van der Waals surface area contributed by atoms with Crippen LogP contribution in [0.25, 0.3) is 22.0 Å². The van der Waals surface area contributed by atoms with Crippen molar-refractivity contribution < 1.29 is 0 Å². The molecule has 1 aromatic carbocycles. The zero-order valence-corrected chi connectivity index (χ0v) is 11.6. The summed E-state index contributed by atoms with van der Waals surface area (Å²) in [6, 6.07) is 13.9. The van der Waals surface area contributed by atoms with E-state index in [1.807, 2.05) is 42.5 Å². The number of rotatable bonds is 1. The molecule has 0 aliphatic carbocycles. The highest BCUT2D eigenvalue weighted by Crippen LogP contribution is 2.25. The zero-order chi connectivity index (χ0) is 11.7. The Kier molecular flexibility index (Phi) is 5.10. The summed E-state index contributed by atoms with van der Waals surface area (Å²) in [5.41, 5.74) is 7.87. The van der Waals surface area contributed by atoms with Gasteiger partial charge in [0.05, 0.1) is 5.69 Å². The van der Waals surface area contributed by atoms with Crippen molar-refractivity contribution in [2.24, 2.45) is 0 Å². The maximum atomic E-state index is 5.97. The molecule has 98 valence electrons. The number of hydrogen-bond acceptors (Lipinski definition) is 3. The average Bonchev–Trinajstić information content (AvgIpc) is 2.40. The molecular weight excluding hydrogens is 281 g/mol. The standard InChI is InChI=1S/C14H11N3.2ClH/c15-14-12-4-2-1-3-11(12)9-13(17-14)10-5-7-16-8-6-10;;/h1-9H,(H2,15,17);2*1H. The van der Waals surface area contributed by atoms with Crippen LogP contribution in [0.1, 0.15) is 0 Å². The highest BCUT2D eigenvalue weighted by Gasteiger charge is 2.04. The predicted molar refractivity (Wildman–Crippen MR) is 83.9 cm³/mol. The number of nitrogens with zero attached hydrogens (tertiary/aromatic N) is 2. The lowest BCUT2D eigenvalue weighted by Gasteiger charge is -2.05. The molecule has 3 nitrogen and oxygen atoms in total. The van der Waals surface area contributed by atoms with Gasteiger partial charge in [-0.25, -0.2) is 4.98 Å². The number of fused-ring (bicyclic) bond motifs is 1. The van der Waals surface area contributed by atoms with Crippen LogP contribution in [0, 0.1) is 0 Å². The Hall–Kier alpha value is -1.84. The van der Waals surface area contributed by atoms with Crippen LogP contribution in [0.3, 0.4) is 0 Å². The summed E-state index contributed by atoms with van der Waals surface area (Å²) < 4.78 is 0. The molecular formula is C14H13Cl2N3. The molecule has 0 aliphatic rings. The Morgan fingerprint density at radius 2 is 1.58 bits per heavy atom. The second kappa shape index (κ2) is 6.36. The molecule has 0 atom stereocenters. The number of benzene rings is 1. The fourth-order valence-corrected chi connectivity index (χ4v) is 1.90. The molecule has 0 radical (unpaired) electrons. The molecule has 5 heteroatoms. The predicted octanol–water partition coefficient (Wildman–Crippen LogP) is 3.72. The molecule has 19 heavy (non-hydrogen) atoms. The van der Waals surface area contributed by atoms with Gasteiger partial charge >= 0.3 is 0 Å². The van der Waals surface area contributed by atoms with Gasteiger partial charge in [-0.15, -0.1) is 24.8 Å². The van der Waals surface area contributed by atoms with Crippen LogP contribution >= 0.6 is 24.8 Å². The SMILES string of the molecule is Cl.Cl.Nc1nc(-c2ccncc2)cc2ccccc12. The lowest BCUT2D eigenvalue weighted by molar-refractivity contribution is 1.30. The maximum absolute atomic E-state index is 5.97. The van der Waals surface area contributed by atoms with Gasteiger partial charge in [0.25, 0.3) is 0 Å². The van der Waals surface area contributed by atoms with E-state index in [4.69, 9.17) is 5.73 Å². The van der Waals surface area contributed by atoms with Crippen LogP contribution in [-0.4, -0.2) is 9.97 Å². The van der Waals surface area contributed by atoms with Crippen LogP contribution in [0.15, 0.2) is 54.9 Å². The fourth-order valence-electron chi connectivity index (χ4n) is 1.90.